The highest BCUT2D eigenvalue weighted by Crippen LogP contribution is 2.40. The van der Waals surface area contributed by atoms with Crippen molar-refractivity contribution in [3.05, 3.63) is 65.0 Å². The second kappa shape index (κ2) is 6.31. The summed E-state index contributed by atoms with van der Waals surface area (Å²) in [5.74, 6) is -0.228. The number of Topliss-reactive ketones (excluding diaryl/α,β-unsaturated/α-hetero) is 1. The molecule has 0 fully saturated rings. The van der Waals surface area contributed by atoms with Crippen LogP contribution in [0.5, 0.6) is 5.75 Å². The molecule has 1 heterocycles. The van der Waals surface area contributed by atoms with Crippen molar-refractivity contribution >= 4 is 11.7 Å². The molecule has 0 bridgehead atoms. The van der Waals surface area contributed by atoms with Crippen LogP contribution in [0, 0.1) is 5.82 Å². The van der Waals surface area contributed by atoms with Crippen LogP contribution >= 0.6 is 0 Å². The van der Waals surface area contributed by atoms with Crippen LogP contribution in [0.15, 0.2) is 42.5 Å². The first-order valence-corrected chi connectivity index (χ1v) is 8.15. The van der Waals surface area contributed by atoms with Gasteiger partial charge < -0.3 is 10.1 Å². The van der Waals surface area contributed by atoms with Crippen LogP contribution in [0.25, 0.3) is 0 Å². The summed E-state index contributed by atoms with van der Waals surface area (Å²) in [4.78, 5) is 24.2. The summed E-state index contributed by atoms with van der Waals surface area (Å²) in [5, 5.41) is 2.94. The number of nitrogens with one attached hydrogen (secondary N) is 1. The van der Waals surface area contributed by atoms with Gasteiger partial charge in [-0.25, -0.2) is 4.39 Å². The number of hydrogen-bond acceptors (Lipinski definition) is 3. The maximum absolute atomic E-state index is 13.4. The molecule has 0 unspecified atom stereocenters. The summed E-state index contributed by atoms with van der Waals surface area (Å²) in [7, 11) is 0. The van der Waals surface area contributed by atoms with Crippen molar-refractivity contribution in [3.8, 4) is 5.75 Å². The Hall–Kier alpha value is -2.69. The predicted octanol–water partition coefficient (Wildman–Crippen LogP) is 4.06. The lowest BCUT2D eigenvalue weighted by Gasteiger charge is -2.38. The molecule has 130 valence electrons. The zero-order valence-electron chi connectivity index (χ0n) is 14.4. The Morgan fingerprint density at radius 3 is 2.60 bits per heavy atom. The van der Waals surface area contributed by atoms with Crippen LogP contribution in [-0.4, -0.2) is 17.3 Å². The number of benzene rings is 2. The quantitative estimate of drug-likeness (QED) is 0.857. The van der Waals surface area contributed by atoms with E-state index in [-0.39, 0.29) is 23.3 Å². The number of rotatable bonds is 3. The van der Waals surface area contributed by atoms with E-state index in [0.717, 1.165) is 5.56 Å². The van der Waals surface area contributed by atoms with Gasteiger partial charge in [0.05, 0.1) is 6.04 Å². The zero-order valence-corrected chi connectivity index (χ0v) is 14.4. The van der Waals surface area contributed by atoms with Gasteiger partial charge in [-0.2, -0.15) is 0 Å². The summed E-state index contributed by atoms with van der Waals surface area (Å²) >= 11 is 0. The van der Waals surface area contributed by atoms with Gasteiger partial charge >= 0.3 is 0 Å². The van der Waals surface area contributed by atoms with Crippen molar-refractivity contribution in [2.75, 3.05) is 0 Å². The van der Waals surface area contributed by atoms with Crippen molar-refractivity contribution < 1.29 is 18.7 Å². The highest BCUT2D eigenvalue weighted by Gasteiger charge is 2.35. The summed E-state index contributed by atoms with van der Waals surface area (Å²) in [5.41, 5.74) is 1.11. The maximum Gasteiger partial charge on any atom is 0.251 e. The van der Waals surface area contributed by atoms with Gasteiger partial charge in [0, 0.05) is 23.1 Å². The minimum absolute atomic E-state index is 0.0529. The largest absolute Gasteiger partial charge is 0.487 e. The molecule has 1 N–H and O–H groups in total. The molecule has 3 rings (SSSR count). The fraction of sp³-hybridized carbons (Fsp3) is 0.300. The van der Waals surface area contributed by atoms with Gasteiger partial charge in [-0.3, -0.25) is 9.59 Å². The first kappa shape index (κ1) is 17.1. The fourth-order valence-electron chi connectivity index (χ4n) is 3.07. The fourth-order valence-corrected chi connectivity index (χ4v) is 3.07. The third-order valence-corrected chi connectivity index (χ3v) is 4.27. The number of carbonyl (C=O) groups is 2. The van der Waals surface area contributed by atoms with Crippen molar-refractivity contribution in [1.29, 1.82) is 0 Å². The minimum Gasteiger partial charge on any atom is -0.487 e. The van der Waals surface area contributed by atoms with E-state index in [4.69, 9.17) is 4.74 Å². The van der Waals surface area contributed by atoms with Crippen molar-refractivity contribution in [3.63, 3.8) is 0 Å². The normalized spacial score (nSPS) is 18.0. The van der Waals surface area contributed by atoms with E-state index in [1.54, 1.807) is 24.3 Å². The lowest BCUT2D eigenvalue weighted by molar-refractivity contribution is 0.0619. The Morgan fingerprint density at radius 2 is 1.92 bits per heavy atom. The van der Waals surface area contributed by atoms with E-state index in [2.05, 4.69) is 5.32 Å². The molecule has 0 aliphatic carbocycles. The van der Waals surface area contributed by atoms with E-state index < -0.39 is 11.4 Å². The molecule has 25 heavy (non-hydrogen) atoms. The number of halogens is 1. The van der Waals surface area contributed by atoms with Crippen molar-refractivity contribution in [2.24, 2.45) is 0 Å². The smallest absolute Gasteiger partial charge is 0.251 e. The molecule has 1 atom stereocenters. The summed E-state index contributed by atoms with van der Waals surface area (Å²) < 4.78 is 19.3. The predicted molar refractivity (Wildman–Crippen MR) is 92.4 cm³/mol. The molecule has 1 amide bonds. The molecule has 0 aromatic heterocycles. The SMILES string of the molecule is CC(=O)c1ccc2c(c1)[C@@H](NC(=O)c1cccc(F)c1)CC(C)(C)O2. The van der Waals surface area contributed by atoms with Crippen molar-refractivity contribution in [1.82, 2.24) is 5.32 Å². The number of carbonyl (C=O) groups excluding carboxylic acids is 2. The van der Waals surface area contributed by atoms with Crippen LogP contribution in [-0.2, 0) is 0 Å². The standard InChI is InChI=1S/C20H20FNO3/c1-12(23)13-7-8-18-16(10-13)17(11-20(2,3)25-18)22-19(24)14-5-4-6-15(21)9-14/h4-10,17H,11H2,1-3H3,(H,22,24)/t17-/m0/s1. The van der Waals surface area contributed by atoms with Gasteiger partial charge in [0.2, 0.25) is 0 Å². The second-order valence-electron chi connectivity index (χ2n) is 6.91. The summed E-state index contributed by atoms with van der Waals surface area (Å²) in [6.07, 6.45) is 0.544. The van der Waals surface area contributed by atoms with Gasteiger partial charge in [0.1, 0.15) is 17.2 Å². The van der Waals surface area contributed by atoms with E-state index >= 15 is 0 Å². The first-order chi connectivity index (χ1) is 11.7. The minimum atomic E-state index is -0.468. The molecule has 2 aromatic rings. The molecule has 0 saturated heterocycles. The number of fused-ring (bicyclic) bond motifs is 1. The molecule has 0 spiro atoms. The third kappa shape index (κ3) is 3.71. The van der Waals surface area contributed by atoms with Crippen molar-refractivity contribution in [2.45, 2.75) is 38.8 Å². The zero-order chi connectivity index (χ0) is 18.2. The molecular formula is C20H20FNO3. The van der Waals surface area contributed by atoms with E-state index in [0.29, 0.717) is 17.7 Å². The van der Waals surface area contributed by atoms with E-state index in [9.17, 15) is 14.0 Å². The number of amides is 1. The van der Waals surface area contributed by atoms with E-state index in [1.165, 1.54) is 25.1 Å². The molecule has 4 nitrogen and oxygen atoms in total. The highest BCUT2D eigenvalue weighted by molar-refractivity contribution is 5.95. The van der Waals surface area contributed by atoms with Gasteiger partial charge in [0.25, 0.3) is 5.91 Å². The Kier molecular flexibility index (Phi) is 4.33. The van der Waals surface area contributed by atoms with Crippen LogP contribution in [0.3, 0.4) is 0 Å². The monoisotopic (exact) mass is 341 g/mol. The molecule has 0 radical (unpaired) electrons. The van der Waals surface area contributed by atoms with Crippen LogP contribution in [0.4, 0.5) is 4.39 Å². The lowest BCUT2D eigenvalue weighted by atomic mass is 9.88. The van der Waals surface area contributed by atoms with Crippen LogP contribution < -0.4 is 10.1 Å². The maximum atomic E-state index is 13.4. The van der Waals surface area contributed by atoms with Gasteiger partial charge in [0.15, 0.2) is 5.78 Å². The highest BCUT2D eigenvalue weighted by atomic mass is 19.1. The van der Waals surface area contributed by atoms with Crippen LogP contribution in [0.2, 0.25) is 0 Å². The molecule has 2 aromatic carbocycles. The van der Waals surface area contributed by atoms with Gasteiger partial charge in [-0.05, 0) is 57.2 Å². The summed E-state index contributed by atoms with van der Waals surface area (Å²) in [6.45, 7) is 5.38. The second-order valence-corrected chi connectivity index (χ2v) is 6.91. The van der Waals surface area contributed by atoms with E-state index in [1.807, 2.05) is 13.8 Å². The Balaban J connectivity index is 1.94. The molecule has 5 heteroatoms. The third-order valence-electron chi connectivity index (χ3n) is 4.27. The van der Waals surface area contributed by atoms with Gasteiger partial charge in [-0.15, -0.1) is 0 Å². The Morgan fingerprint density at radius 1 is 1.16 bits per heavy atom. The molecule has 0 saturated carbocycles. The average Bonchev–Trinajstić information content (AvgIpc) is 2.53. The van der Waals surface area contributed by atoms with Crippen LogP contribution in [0.1, 0.15) is 59.5 Å². The number of hydrogen-bond donors (Lipinski definition) is 1. The first-order valence-electron chi connectivity index (χ1n) is 8.15. The van der Waals surface area contributed by atoms with Gasteiger partial charge in [-0.1, -0.05) is 6.07 Å². The number of ketones is 1. The Bertz CT molecular complexity index is 845. The number of ether oxygens (including phenoxy) is 1. The lowest BCUT2D eigenvalue weighted by Crippen LogP contribution is -2.41. The Labute approximate surface area is 146 Å². The molecule has 1 aliphatic heterocycles. The topological polar surface area (TPSA) is 55.4 Å². The summed E-state index contributed by atoms with van der Waals surface area (Å²) in [6, 6.07) is 10.5. The molecule has 1 aliphatic rings. The molecular weight excluding hydrogens is 321 g/mol. The average molecular weight is 341 g/mol.